The van der Waals surface area contributed by atoms with Gasteiger partial charge in [0.2, 0.25) is 0 Å². The van der Waals surface area contributed by atoms with Crippen LogP contribution in [0.5, 0.6) is 11.5 Å². The Morgan fingerprint density at radius 3 is 2.38 bits per heavy atom. The second-order valence-corrected chi connectivity index (χ2v) is 10.7. The monoisotopic (exact) mass is 462 g/mol. The first-order chi connectivity index (χ1) is 16.2. The Morgan fingerprint density at radius 2 is 1.76 bits per heavy atom. The topological polar surface area (TPSA) is 71.4 Å². The molecule has 0 unspecified atom stereocenters. The number of phenols is 1. The minimum Gasteiger partial charge on any atom is -0.507 e. The Morgan fingerprint density at radius 1 is 1.03 bits per heavy atom. The van der Waals surface area contributed by atoms with Crippen molar-refractivity contribution in [1.82, 2.24) is 15.2 Å². The largest absolute Gasteiger partial charge is 0.507 e. The maximum Gasteiger partial charge on any atom is 0.255 e. The van der Waals surface area contributed by atoms with Crippen LogP contribution < -0.4 is 9.64 Å². The number of ether oxygens (including phenoxy) is 1. The summed E-state index contributed by atoms with van der Waals surface area (Å²) in [6.45, 7) is 4.86. The number of benzene rings is 1. The summed E-state index contributed by atoms with van der Waals surface area (Å²) >= 11 is 0. The van der Waals surface area contributed by atoms with E-state index in [0.29, 0.717) is 39.3 Å². The number of methoxy groups -OCH3 is 1. The fourth-order valence-corrected chi connectivity index (χ4v) is 6.14. The first-order valence-electron chi connectivity index (χ1n) is 11.8. The molecule has 1 N–H and O–H groups in total. The molecule has 1 aromatic carbocycles. The number of fused-ring (bicyclic) bond motifs is 2. The first kappa shape index (κ1) is 22.6. The zero-order valence-corrected chi connectivity index (χ0v) is 20.2. The number of anilines is 1. The second-order valence-electron chi connectivity index (χ2n) is 10.7. The number of halogens is 1. The van der Waals surface area contributed by atoms with Crippen molar-refractivity contribution in [2.75, 3.05) is 19.1 Å². The van der Waals surface area contributed by atoms with Gasteiger partial charge in [-0.2, -0.15) is 4.39 Å². The zero-order chi connectivity index (χ0) is 24.1. The summed E-state index contributed by atoms with van der Waals surface area (Å²) in [4.78, 5) is 6.00. The van der Waals surface area contributed by atoms with E-state index in [2.05, 4.69) is 41.0 Å². The summed E-state index contributed by atoms with van der Waals surface area (Å²) in [7, 11) is 3.51. The predicted molar refractivity (Wildman–Crippen MR) is 130 cm³/mol. The van der Waals surface area contributed by atoms with Crippen molar-refractivity contribution in [1.29, 1.82) is 0 Å². The molecule has 0 amide bonds. The molecular formula is C27H31FN4O2. The lowest BCUT2D eigenvalue weighted by molar-refractivity contribution is 0.148. The average Bonchev–Trinajstić information content (AvgIpc) is 3.05. The quantitative estimate of drug-likeness (QED) is 0.479. The number of hydrogen-bond donors (Lipinski definition) is 1. The third kappa shape index (κ3) is 4.08. The van der Waals surface area contributed by atoms with Crippen LogP contribution in [0.2, 0.25) is 0 Å². The van der Waals surface area contributed by atoms with Crippen molar-refractivity contribution >= 4 is 5.82 Å². The average molecular weight is 463 g/mol. The summed E-state index contributed by atoms with van der Waals surface area (Å²) in [5.74, 6) is 0.306. The van der Waals surface area contributed by atoms with Gasteiger partial charge in [0.25, 0.3) is 5.95 Å². The molecule has 0 saturated heterocycles. The Hall–Kier alpha value is -3.22. The van der Waals surface area contributed by atoms with E-state index in [-0.39, 0.29) is 11.5 Å². The maximum atomic E-state index is 13.6. The van der Waals surface area contributed by atoms with E-state index in [1.54, 1.807) is 18.2 Å². The third-order valence-corrected chi connectivity index (χ3v) is 7.84. The van der Waals surface area contributed by atoms with Crippen LogP contribution in [0.1, 0.15) is 46.0 Å². The SMILES string of the molecule is COc1cc(-c2ccc(-c3ccc(N(C)[C@H]4C[C@]5(C)CC[C@](C)(C4)C5)nn3)c(O)c2)cnc1F. The van der Waals surface area contributed by atoms with Gasteiger partial charge >= 0.3 is 0 Å². The van der Waals surface area contributed by atoms with Crippen LogP contribution in [-0.4, -0.2) is 40.5 Å². The van der Waals surface area contributed by atoms with E-state index in [1.807, 2.05) is 18.2 Å². The van der Waals surface area contributed by atoms with Gasteiger partial charge in [-0.15, -0.1) is 10.2 Å². The lowest BCUT2D eigenvalue weighted by atomic mass is 9.68. The number of pyridine rings is 1. The molecule has 2 aliphatic carbocycles. The summed E-state index contributed by atoms with van der Waals surface area (Å²) in [6, 6.07) is 11.1. The number of hydrogen-bond acceptors (Lipinski definition) is 6. The van der Waals surface area contributed by atoms with Crippen LogP contribution >= 0.6 is 0 Å². The Bertz CT molecular complexity index is 1200. The van der Waals surface area contributed by atoms with Gasteiger partial charge in [-0.25, -0.2) is 4.98 Å². The molecule has 2 fully saturated rings. The Balaban J connectivity index is 1.35. The van der Waals surface area contributed by atoms with Gasteiger partial charge in [-0.1, -0.05) is 19.9 Å². The summed E-state index contributed by atoms with van der Waals surface area (Å²) in [5, 5.41) is 19.6. The van der Waals surface area contributed by atoms with Gasteiger partial charge in [-0.05, 0) is 78.8 Å². The molecule has 3 aromatic rings. The van der Waals surface area contributed by atoms with Crippen molar-refractivity contribution in [3.63, 3.8) is 0 Å². The van der Waals surface area contributed by atoms with Crippen molar-refractivity contribution in [2.24, 2.45) is 10.8 Å². The van der Waals surface area contributed by atoms with Crippen molar-refractivity contribution in [3.8, 4) is 33.9 Å². The molecule has 6 nitrogen and oxygen atoms in total. The number of phenolic OH excluding ortho intramolecular Hbond substituents is 1. The Kier molecular flexibility index (Phi) is 5.46. The molecule has 3 atom stereocenters. The molecule has 2 saturated carbocycles. The number of aromatic nitrogens is 3. The van der Waals surface area contributed by atoms with E-state index in [1.165, 1.54) is 45.4 Å². The van der Waals surface area contributed by atoms with Crippen molar-refractivity contribution < 1.29 is 14.2 Å². The van der Waals surface area contributed by atoms with Gasteiger partial charge in [0, 0.05) is 30.4 Å². The molecular weight excluding hydrogens is 431 g/mol. The third-order valence-electron chi connectivity index (χ3n) is 7.84. The van der Waals surface area contributed by atoms with Crippen LogP contribution in [-0.2, 0) is 0 Å². The minimum absolute atomic E-state index is 0.0561. The molecule has 2 bridgehead atoms. The van der Waals surface area contributed by atoms with Gasteiger partial charge in [-0.3, -0.25) is 0 Å². The molecule has 2 aliphatic rings. The van der Waals surface area contributed by atoms with E-state index < -0.39 is 5.95 Å². The molecule has 178 valence electrons. The fourth-order valence-electron chi connectivity index (χ4n) is 6.14. The molecule has 34 heavy (non-hydrogen) atoms. The molecule has 2 aromatic heterocycles. The van der Waals surface area contributed by atoms with Gasteiger partial charge in [0.05, 0.1) is 12.8 Å². The normalized spacial score (nSPS) is 25.9. The summed E-state index contributed by atoms with van der Waals surface area (Å²) in [6.07, 6.45) is 7.74. The van der Waals surface area contributed by atoms with Crippen LogP contribution in [0, 0.1) is 16.8 Å². The van der Waals surface area contributed by atoms with E-state index in [9.17, 15) is 9.50 Å². The minimum atomic E-state index is -0.670. The highest BCUT2D eigenvalue weighted by molar-refractivity contribution is 5.74. The van der Waals surface area contributed by atoms with Crippen LogP contribution in [0.15, 0.2) is 42.6 Å². The van der Waals surface area contributed by atoms with E-state index >= 15 is 0 Å². The number of nitrogens with zero attached hydrogens (tertiary/aromatic N) is 4. The van der Waals surface area contributed by atoms with E-state index in [4.69, 9.17) is 4.74 Å². The Labute approximate surface area is 199 Å². The zero-order valence-electron chi connectivity index (χ0n) is 20.2. The highest BCUT2D eigenvalue weighted by atomic mass is 19.1. The van der Waals surface area contributed by atoms with Crippen LogP contribution in [0.3, 0.4) is 0 Å². The maximum absolute atomic E-state index is 13.6. The van der Waals surface area contributed by atoms with Gasteiger partial charge < -0.3 is 14.7 Å². The predicted octanol–water partition coefficient (Wildman–Crippen LogP) is 5.85. The number of aromatic hydroxyl groups is 1. The smallest absolute Gasteiger partial charge is 0.255 e. The van der Waals surface area contributed by atoms with Gasteiger partial charge in [0.15, 0.2) is 11.6 Å². The van der Waals surface area contributed by atoms with Crippen molar-refractivity contribution in [2.45, 2.75) is 52.0 Å². The molecule has 5 rings (SSSR count). The molecule has 7 heteroatoms. The van der Waals surface area contributed by atoms with Crippen LogP contribution in [0.4, 0.5) is 10.2 Å². The summed E-state index contributed by atoms with van der Waals surface area (Å²) < 4.78 is 18.6. The summed E-state index contributed by atoms with van der Waals surface area (Å²) in [5.41, 5.74) is 3.38. The molecule has 2 heterocycles. The van der Waals surface area contributed by atoms with E-state index in [0.717, 1.165) is 5.82 Å². The van der Waals surface area contributed by atoms with Crippen LogP contribution in [0.25, 0.3) is 22.4 Å². The number of rotatable bonds is 5. The van der Waals surface area contributed by atoms with Crippen molar-refractivity contribution in [3.05, 3.63) is 48.5 Å². The highest BCUT2D eigenvalue weighted by Gasteiger charge is 2.50. The lowest BCUT2D eigenvalue weighted by Crippen LogP contribution is -2.42. The molecule has 0 spiro atoms. The standard InChI is InChI=1S/C27H31FN4O2/c1-26-9-10-27(2,16-26)14-19(13-26)32(3)24-8-7-21(30-31-24)20-6-5-17(11-22(20)33)18-12-23(34-4)25(28)29-15-18/h5-8,11-12,15,19,33H,9-10,13-14,16H2,1-4H3/t19-,26-,27+. The second kappa shape index (κ2) is 8.22. The lowest BCUT2D eigenvalue weighted by Gasteiger charge is -2.44. The highest BCUT2D eigenvalue weighted by Crippen LogP contribution is 2.58. The first-order valence-corrected chi connectivity index (χ1v) is 11.8. The molecule has 0 radical (unpaired) electrons. The van der Waals surface area contributed by atoms with Gasteiger partial charge in [0.1, 0.15) is 5.75 Å². The molecule has 0 aliphatic heterocycles. The fraction of sp³-hybridized carbons (Fsp3) is 0.444.